The van der Waals surface area contributed by atoms with Gasteiger partial charge in [-0.25, -0.2) is 4.79 Å². The second-order valence-corrected chi connectivity index (χ2v) is 8.78. The normalized spacial score (nSPS) is 16.7. The van der Waals surface area contributed by atoms with E-state index >= 15 is 0 Å². The van der Waals surface area contributed by atoms with Gasteiger partial charge in [-0.05, 0) is 43.1 Å². The number of nitrogens with one attached hydrogen (secondary N) is 1. The molecule has 0 saturated heterocycles. The van der Waals surface area contributed by atoms with Gasteiger partial charge >= 0.3 is 11.9 Å². The van der Waals surface area contributed by atoms with Crippen molar-refractivity contribution in [2.45, 2.75) is 59.8 Å². The molecule has 1 aliphatic carbocycles. The standard InChI is InChI=1S/C19H27NO5S/c1-5-25-18(24)16-12-7-6-11(19(2,3)4)10-13(12)26-17(16)20-14(21)8-9-15(22)23/h11H,5-10H2,1-4H3,(H,20,21)(H,22,23)/t11-/m0/s1. The van der Waals surface area contributed by atoms with Crippen LogP contribution < -0.4 is 5.32 Å². The zero-order chi connectivity index (χ0) is 19.5. The van der Waals surface area contributed by atoms with Crippen LogP contribution >= 0.6 is 11.3 Å². The highest BCUT2D eigenvalue weighted by atomic mass is 32.1. The van der Waals surface area contributed by atoms with Gasteiger partial charge in [0.05, 0.1) is 18.6 Å². The third kappa shape index (κ3) is 4.84. The molecular formula is C19H27NO5S. The highest BCUT2D eigenvalue weighted by Crippen LogP contribution is 2.44. The lowest BCUT2D eigenvalue weighted by Gasteiger charge is -2.33. The van der Waals surface area contributed by atoms with Crippen molar-refractivity contribution >= 4 is 34.2 Å². The van der Waals surface area contributed by atoms with E-state index in [4.69, 9.17) is 9.84 Å². The van der Waals surface area contributed by atoms with Crippen LogP contribution in [-0.2, 0) is 27.2 Å². The fourth-order valence-corrected chi connectivity index (χ4v) is 4.57. The molecule has 1 heterocycles. The molecule has 0 saturated carbocycles. The number of hydrogen-bond acceptors (Lipinski definition) is 5. The summed E-state index contributed by atoms with van der Waals surface area (Å²) in [5, 5.41) is 11.9. The Morgan fingerprint density at radius 1 is 1.27 bits per heavy atom. The van der Waals surface area contributed by atoms with E-state index in [2.05, 4.69) is 26.1 Å². The Bertz CT molecular complexity index is 702. The number of thiophene rings is 1. The number of aliphatic carboxylic acids is 1. The molecule has 2 rings (SSSR count). The average Bonchev–Trinajstić information content (AvgIpc) is 2.89. The van der Waals surface area contributed by atoms with Gasteiger partial charge in [0.2, 0.25) is 5.91 Å². The van der Waals surface area contributed by atoms with E-state index in [-0.39, 0.29) is 24.9 Å². The first-order chi connectivity index (χ1) is 12.1. The van der Waals surface area contributed by atoms with Gasteiger partial charge in [-0.1, -0.05) is 20.8 Å². The lowest BCUT2D eigenvalue weighted by atomic mass is 9.72. The summed E-state index contributed by atoms with van der Waals surface area (Å²) in [5.74, 6) is -1.33. The second kappa shape index (κ2) is 8.20. The quantitative estimate of drug-likeness (QED) is 0.730. The van der Waals surface area contributed by atoms with E-state index in [1.165, 1.54) is 11.3 Å². The first-order valence-electron chi connectivity index (χ1n) is 8.96. The molecule has 26 heavy (non-hydrogen) atoms. The van der Waals surface area contributed by atoms with E-state index in [1.54, 1.807) is 6.92 Å². The maximum Gasteiger partial charge on any atom is 0.341 e. The highest BCUT2D eigenvalue weighted by molar-refractivity contribution is 7.17. The predicted molar refractivity (Wildman–Crippen MR) is 101 cm³/mol. The largest absolute Gasteiger partial charge is 0.481 e. The third-order valence-electron chi connectivity index (χ3n) is 4.79. The molecule has 1 atom stereocenters. The molecular weight excluding hydrogens is 354 g/mol. The van der Waals surface area contributed by atoms with Crippen molar-refractivity contribution in [2.24, 2.45) is 11.3 Å². The van der Waals surface area contributed by atoms with Crippen LogP contribution in [0, 0.1) is 11.3 Å². The molecule has 0 fully saturated rings. The molecule has 0 aliphatic heterocycles. The Morgan fingerprint density at radius 2 is 1.96 bits per heavy atom. The highest BCUT2D eigenvalue weighted by Gasteiger charge is 2.34. The molecule has 1 aromatic heterocycles. The van der Waals surface area contributed by atoms with E-state index < -0.39 is 17.8 Å². The Balaban J connectivity index is 2.29. The topological polar surface area (TPSA) is 92.7 Å². The van der Waals surface area contributed by atoms with Crippen LogP contribution in [0.2, 0.25) is 0 Å². The van der Waals surface area contributed by atoms with Crippen molar-refractivity contribution in [1.29, 1.82) is 0 Å². The summed E-state index contributed by atoms with van der Waals surface area (Å²) in [6, 6.07) is 0. The number of carboxylic acid groups (broad SMARTS) is 1. The van der Waals surface area contributed by atoms with Crippen molar-refractivity contribution < 1.29 is 24.2 Å². The fraction of sp³-hybridized carbons (Fsp3) is 0.632. The maximum absolute atomic E-state index is 12.5. The van der Waals surface area contributed by atoms with Gasteiger partial charge in [-0.3, -0.25) is 9.59 Å². The monoisotopic (exact) mass is 381 g/mol. The van der Waals surface area contributed by atoms with Crippen LogP contribution in [0.3, 0.4) is 0 Å². The molecule has 1 aromatic rings. The SMILES string of the molecule is CCOC(=O)c1c(NC(=O)CCC(=O)O)sc2c1CC[C@H](C(C)(C)C)C2. The van der Waals surface area contributed by atoms with E-state index in [9.17, 15) is 14.4 Å². The summed E-state index contributed by atoms with van der Waals surface area (Å²) in [6.45, 7) is 8.67. The summed E-state index contributed by atoms with van der Waals surface area (Å²) in [7, 11) is 0. The van der Waals surface area contributed by atoms with Gasteiger partial charge in [0, 0.05) is 11.3 Å². The minimum atomic E-state index is -1.02. The number of anilines is 1. The number of ether oxygens (including phenoxy) is 1. The van der Waals surface area contributed by atoms with Gasteiger partial charge in [0.1, 0.15) is 5.00 Å². The number of carboxylic acids is 1. The molecule has 0 bridgehead atoms. The Labute approximate surface area is 157 Å². The average molecular weight is 381 g/mol. The first-order valence-corrected chi connectivity index (χ1v) is 9.78. The Kier molecular flexibility index (Phi) is 6.44. The Morgan fingerprint density at radius 3 is 2.54 bits per heavy atom. The van der Waals surface area contributed by atoms with Crippen molar-refractivity contribution in [3.63, 3.8) is 0 Å². The zero-order valence-electron chi connectivity index (χ0n) is 15.8. The third-order valence-corrected chi connectivity index (χ3v) is 5.96. The van der Waals surface area contributed by atoms with Gasteiger partial charge in [0.15, 0.2) is 0 Å². The molecule has 6 nitrogen and oxygen atoms in total. The van der Waals surface area contributed by atoms with Crippen LogP contribution in [0.1, 0.15) is 67.8 Å². The summed E-state index contributed by atoms with van der Waals surface area (Å²) in [4.78, 5) is 36.3. The van der Waals surface area contributed by atoms with Crippen molar-refractivity contribution in [1.82, 2.24) is 0 Å². The molecule has 0 unspecified atom stereocenters. The summed E-state index contributed by atoms with van der Waals surface area (Å²) in [5.41, 5.74) is 1.60. The number of hydrogen-bond donors (Lipinski definition) is 2. The van der Waals surface area contributed by atoms with E-state index in [1.807, 2.05) is 0 Å². The number of fused-ring (bicyclic) bond motifs is 1. The summed E-state index contributed by atoms with van der Waals surface area (Å²) in [6.07, 6.45) is 2.29. The lowest BCUT2D eigenvalue weighted by Crippen LogP contribution is -2.26. The number of carbonyl (C=O) groups excluding carboxylic acids is 2. The van der Waals surface area contributed by atoms with Crippen LogP contribution in [0.15, 0.2) is 0 Å². The van der Waals surface area contributed by atoms with Crippen LogP contribution in [0.5, 0.6) is 0 Å². The molecule has 144 valence electrons. The van der Waals surface area contributed by atoms with Crippen LogP contribution in [0.4, 0.5) is 5.00 Å². The number of rotatable bonds is 6. The first kappa shape index (κ1) is 20.4. The number of amides is 1. The number of esters is 1. The predicted octanol–water partition coefficient (Wildman–Crippen LogP) is 3.88. The smallest absolute Gasteiger partial charge is 0.341 e. The van der Waals surface area contributed by atoms with E-state index in [0.717, 1.165) is 29.7 Å². The lowest BCUT2D eigenvalue weighted by molar-refractivity contribution is -0.138. The molecule has 0 spiro atoms. The molecule has 0 aromatic carbocycles. The molecule has 0 radical (unpaired) electrons. The van der Waals surface area contributed by atoms with Gasteiger partial charge in [-0.2, -0.15) is 0 Å². The van der Waals surface area contributed by atoms with Crippen molar-refractivity contribution in [3.05, 3.63) is 16.0 Å². The summed E-state index contributed by atoms with van der Waals surface area (Å²) < 4.78 is 5.19. The van der Waals surface area contributed by atoms with Crippen LogP contribution in [0.25, 0.3) is 0 Å². The molecule has 1 amide bonds. The van der Waals surface area contributed by atoms with Crippen molar-refractivity contribution in [2.75, 3.05) is 11.9 Å². The van der Waals surface area contributed by atoms with Gasteiger partial charge in [0.25, 0.3) is 0 Å². The molecule has 7 heteroatoms. The Hall–Kier alpha value is -1.89. The minimum absolute atomic E-state index is 0.120. The summed E-state index contributed by atoms with van der Waals surface area (Å²) >= 11 is 1.42. The van der Waals surface area contributed by atoms with E-state index in [0.29, 0.717) is 16.5 Å². The van der Waals surface area contributed by atoms with Gasteiger partial charge < -0.3 is 15.2 Å². The van der Waals surface area contributed by atoms with Crippen LogP contribution in [-0.4, -0.2) is 29.6 Å². The molecule has 1 aliphatic rings. The maximum atomic E-state index is 12.5. The van der Waals surface area contributed by atoms with Gasteiger partial charge in [-0.15, -0.1) is 11.3 Å². The van der Waals surface area contributed by atoms with Crippen molar-refractivity contribution in [3.8, 4) is 0 Å². The molecule has 2 N–H and O–H groups in total. The number of carbonyl (C=O) groups is 3. The zero-order valence-corrected chi connectivity index (χ0v) is 16.6. The fourth-order valence-electron chi connectivity index (χ4n) is 3.24. The second-order valence-electron chi connectivity index (χ2n) is 7.68. The minimum Gasteiger partial charge on any atom is -0.481 e.